The van der Waals surface area contributed by atoms with E-state index in [1.54, 1.807) is 49.6 Å². The smallest absolute Gasteiger partial charge is 0.262 e. The molecule has 0 radical (unpaired) electrons. The van der Waals surface area contributed by atoms with Crippen LogP contribution >= 0.6 is 0 Å². The first kappa shape index (κ1) is 21.2. The fourth-order valence-corrected chi connectivity index (χ4v) is 2.76. The molecule has 0 aliphatic carbocycles. The number of carbonyl (C=O) groups excluding carboxylic acids is 1. The molecule has 2 aromatic carbocycles. The van der Waals surface area contributed by atoms with Crippen LogP contribution in [0.5, 0.6) is 17.2 Å². The van der Waals surface area contributed by atoms with E-state index in [1.807, 2.05) is 6.07 Å². The molecule has 0 unspecified atom stereocenters. The van der Waals surface area contributed by atoms with Gasteiger partial charge >= 0.3 is 0 Å². The van der Waals surface area contributed by atoms with Crippen molar-refractivity contribution in [3.63, 3.8) is 0 Å². The molecule has 1 amide bonds. The summed E-state index contributed by atoms with van der Waals surface area (Å²) in [4.78, 5) is 20.1. The van der Waals surface area contributed by atoms with Gasteiger partial charge in [-0.1, -0.05) is 0 Å². The van der Waals surface area contributed by atoms with Crippen molar-refractivity contribution in [2.24, 2.45) is 0 Å². The highest BCUT2D eigenvalue weighted by molar-refractivity contribution is 5.92. The topological polar surface area (TPSA) is 158 Å². The van der Waals surface area contributed by atoms with Crippen LogP contribution in [0.25, 0.3) is 11.3 Å². The predicted molar refractivity (Wildman–Crippen MR) is 115 cm³/mol. The number of nitriles is 1. The van der Waals surface area contributed by atoms with E-state index in [4.69, 9.17) is 25.7 Å². The van der Waals surface area contributed by atoms with Gasteiger partial charge in [0.05, 0.1) is 19.9 Å². The fraction of sp³-hybridized carbons (Fsp3) is 0.143. The molecule has 0 bridgehead atoms. The lowest BCUT2D eigenvalue weighted by Gasteiger charge is -2.13. The van der Waals surface area contributed by atoms with Gasteiger partial charge in [0.2, 0.25) is 5.95 Å². The number of nitrogen functional groups attached to an aromatic ring is 2. The van der Waals surface area contributed by atoms with E-state index < -0.39 is 0 Å². The Balaban J connectivity index is 1.75. The van der Waals surface area contributed by atoms with E-state index in [1.165, 1.54) is 7.11 Å². The van der Waals surface area contributed by atoms with E-state index in [-0.39, 0.29) is 35.5 Å². The molecule has 0 spiro atoms. The number of benzene rings is 2. The van der Waals surface area contributed by atoms with E-state index in [2.05, 4.69) is 15.3 Å². The van der Waals surface area contributed by atoms with Crippen LogP contribution in [0.4, 0.5) is 17.5 Å². The van der Waals surface area contributed by atoms with Crippen molar-refractivity contribution < 1.29 is 19.0 Å². The average molecular weight is 420 g/mol. The number of carbonyl (C=O) groups is 1. The second-order valence-electron chi connectivity index (χ2n) is 6.23. The Hall–Kier alpha value is -4.52. The summed E-state index contributed by atoms with van der Waals surface area (Å²) >= 11 is 0. The van der Waals surface area contributed by atoms with Crippen LogP contribution in [-0.4, -0.2) is 36.7 Å². The molecule has 0 fully saturated rings. The number of ether oxygens (including phenoxy) is 3. The Morgan fingerprint density at radius 2 is 1.81 bits per heavy atom. The lowest BCUT2D eigenvalue weighted by atomic mass is 10.1. The third kappa shape index (κ3) is 4.91. The molecule has 5 N–H and O–H groups in total. The summed E-state index contributed by atoms with van der Waals surface area (Å²) in [5.74, 6) is 0.949. The molecule has 0 aliphatic rings. The molecule has 0 aliphatic heterocycles. The van der Waals surface area contributed by atoms with Crippen LogP contribution in [0.1, 0.15) is 5.56 Å². The SMILES string of the molecule is COc1ccc(NC(=O)COc2ccc(-c3nc(N)nc(N)c3C#N)cc2OC)cc1. The van der Waals surface area contributed by atoms with Crippen molar-refractivity contribution in [1.82, 2.24) is 9.97 Å². The Morgan fingerprint density at radius 1 is 1.06 bits per heavy atom. The van der Waals surface area contributed by atoms with Crippen molar-refractivity contribution in [2.45, 2.75) is 0 Å². The highest BCUT2D eigenvalue weighted by atomic mass is 16.5. The Kier molecular flexibility index (Phi) is 6.37. The normalized spacial score (nSPS) is 10.1. The van der Waals surface area contributed by atoms with Crippen LogP contribution in [0.3, 0.4) is 0 Å². The maximum absolute atomic E-state index is 12.2. The molecule has 3 aromatic rings. The van der Waals surface area contributed by atoms with Gasteiger partial charge in [-0.15, -0.1) is 0 Å². The molecular formula is C21H20N6O4. The molecule has 158 valence electrons. The molecule has 0 saturated heterocycles. The zero-order valence-corrected chi connectivity index (χ0v) is 16.9. The molecule has 31 heavy (non-hydrogen) atoms. The molecule has 1 heterocycles. The minimum Gasteiger partial charge on any atom is -0.497 e. The zero-order valence-electron chi connectivity index (χ0n) is 16.9. The van der Waals surface area contributed by atoms with Crippen LogP contribution in [0, 0.1) is 11.3 Å². The van der Waals surface area contributed by atoms with Gasteiger partial charge in [-0.2, -0.15) is 10.2 Å². The first-order valence-electron chi connectivity index (χ1n) is 9.03. The summed E-state index contributed by atoms with van der Waals surface area (Å²) in [7, 11) is 3.02. The van der Waals surface area contributed by atoms with Gasteiger partial charge < -0.3 is 31.0 Å². The number of nitrogens with two attached hydrogens (primary N) is 2. The summed E-state index contributed by atoms with van der Waals surface area (Å²) < 4.78 is 16.0. The predicted octanol–water partition coefficient (Wildman–Crippen LogP) is 2.21. The highest BCUT2D eigenvalue weighted by Gasteiger charge is 2.16. The number of rotatable bonds is 7. The number of hydrogen-bond acceptors (Lipinski definition) is 9. The van der Waals surface area contributed by atoms with Gasteiger partial charge in [-0.25, -0.2) is 4.98 Å². The van der Waals surface area contributed by atoms with Gasteiger partial charge in [0.25, 0.3) is 5.91 Å². The molecule has 0 atom stereocenters. The maximum Gasteiger partial charge on any atom is 0.262 e. The second-order valence-corrected chi connectivity index (χ2v) is 6.23. The first-order chi connectivity index (χ1) is 14.9. The molecule has 10 nitrogen and oxygen atoms in total. The fourth-order valence-electron chi connectivity index (χ4n) is 2.76. The Bertz CT molecular complexity index is 1140. The van der Waals surface area contributed by atoms with E-state index >= 15 is 0 Å². The van der Waals surface area contributed by atoms with Crippen molar-refractivity contribution in [1.29, 1.82) is 5.26 Å². The third-order valence-electron chi connectivity index (χ3n) is 4.24. The van der Waals surface area contributed by atoms with Crippen LogP contribution in [0.2, 0.25) is 0 Å². The summed E-state index contributed by atoms with van der Waals surface area (Å²) in [6.07, 6.45) is 0. The van der Waals surface area contributed by atoms with Crippen molar-refractivity contribution in [3.8, 4) is 34.6 Å². The summed E-state index contributed by atoms with van der Waals surface area (Å²) in [5.41, 5.74) is 12.9. The Labute approximate surface area is 178 Å². The van der Waals surface area contributed by atoms with Gasteiger partial charge in [0, 0.05) is 11.3 Å². The monoisotopic (exact) mass is 420 g/mol. The number of amides is 1. The second kappa shape index (κ2) is 9.32. The average Bonchev–Trinajstić information content (AvgIpc) is 2.77. The number of hydrogen-bond donors (Lipinski definition) is 3. The summed E-state index contributed by atoms with van der Waals surface area (Å²) in [6, 6.07) is 13.8. The van der Waals surface area contributed by atoms with Gasteiger partial charge in [-0.3, -0.25) is 4.79 Å². The van der Waals surface area contributed by atoms with Gasteiger partial charge in [0.15, 0.2) is 18.1 Å². The van der Waals surface area contributed by atoms with E-state index in [0.29, 0.717) is 28.5 Å². The number of aromatic nitrogens is 2. The molecule has 3 rings (SSSR count). The minimum atomic E-state index is -0.348. The van der Waals surface area contributed by atoms with E-state index in [0.717, 1.165) is 0 Å². The summed E-state index contributed by atoms with van der Waals surface area (Å²) in [5, 5.41) is 12.1. The van der Waals surface area contributed by atoms with Gasteiger partial charge in [-0.05, 0) is 42.5 Å². The number of methoxy groups -OCH3 is 2. The largest absolute Gasteiger partial charge is 0.497 e. The minimum absolute atomic E-state index is 0.0144. The van der Waals surface area contributed by atoms with Crippen LogP contribution in [-0.2, 0) is 4.79 Å². The highest BCUT2D eigenvalue weighted by Crippen LogP contribution is 2.34. The van der Waals surface area contributed by atoms with Gasteiger partial charge in [0.1, 0.15) is 23.2 Å². The lowest BCUT2D eigenvalue weighted by Crippen LogP contribution is -2.20. The Morgan fingerprint density at radius 3 is 2.45 bits per heavy atom. The van der Waals surface area contributed by atoms with Crippen molar-refractivity contribution in [2.75, 3.05) is 37.6 Å². The quantitative estimate of drug-likeness (QED) is 0.521. The lowest BCUT2D eigenvalue weighted by molar-refractivity contribution is -0.118. The number of nitrogens with zero attached hydrogens (tertiary/aromatic N) is 3. The number of anilines is 3. The molecule has 10 heteroatoms. The maximum atomic E-state index is 12.2. The standard InChI is InChI=1S/C21H20N6O4/c1-29-14-6-4-13(5-7-14)25-18(28)11-31-16-8-3-12(9-17(16)30-2)19-15(10-22)20(23)27-21(24)26-19/h3-9H,11H2,1-2H3,(H,25,28)(H4,23,24,26,27). The number of nitrogens with one attached hydrogen (secondary N) is 1. The van der Waals surface area contributed by atoms with Crippen LogP contribution < -0.4 is 31.0 Å². The van der Waals surface area contributed by atoms with E-state index in [9.17, 15) is 10.1 Å². The van der Waals surface area contributed by atoms with Crippen molar-refractivity contribution in [3.05, 3.63) is 48.0 Å². The zero-order chi connectivity index (χ0) is 22.4. The van der Waals surface area contributed by atoms with Crippen molar-refractivity contribution >= 4 is 23.4 Å². The molecular weight excluding hydrogens is 400 g/mol. The molecule has 0 saturated carbocycles. The molecule has 1 aromatic heterocycles. The third-order valence-corrected chi connectivity index (χ3v) is 4.24. The summed E-state index contributed by atoms with van der Waals surface area (Å²) in [6.45, 7) is -0.238. The first-order valence-corrected chi connectivity index (χ1v) is 9.03. The van der Waals surface area contributed by atoms with Crippen LogP contribution in [0.15, 0.2) is 42.5 Å².